The minimum atomic E-state index is -1.23. The molecule has 0 aromatic heterocycles. The number of aliphatic hydroxyl groups excluding tert-OH is 1. The molecule has 1 atom stereocenters. The monoisotopic (exact) mass is 396 g/mol. The Bertz CT molecular complexity index is 891. The Morgan fingerprint density at radius 1 is 1.14 bits per heavy atom. The molecule has 1 aliphatic carbocycles. The van der Waals surface area contributed by atoms with Crippen LogP contribution in [0.4, 0.5) is 4.79 Å². The zero-order chi connectivity index (χ0) is 20.6. The summed E-state index contributed by atoms with van der Waals surface area (Å²) in [4.78, 5) is 25.5. The fourth-order valence-corrected chi connectivity index (χ4v) is 4.09. The summed E-state index contributed by atoms with van der Waals surface area (Å²) >= 11 is 0. The maximum Gasteiger partial charge on any atom is 0.409 e. The molecule has 4 rings (SSSR count). The number of fused-ring (bicyclic) bond motifs is 3. The van der Waals surface area contributed by atoms with Gasteiger partial charge in [-0.2, -0.15) is 0 Å². The minimum absolute atomic E-state index is 0.00568. The number of nitrogens with zero attached hydrogens (tertiary/aromatic N) is 1. The smallest absolute Gasteiger partial charge is 0.409 e. The van der Waals surface area contributed by atoms with E-state index in [1.165, 1.54) is 4.90 Å². The van der Waals surface area contributed by atoms with Crippen LogP contribution in [0.3, 0.4) is 0 Å². The molecule has 3 N–H and O–H groups in total. The molecule has 1 heterocycles. The minimum Gasteiger partial charge on any atom is -0.480 e. The lowest BCUT2D eigenvalue weighted by Gasteiger charge is -2.46. The molecule has 1 aliphatic heterocycles. The number of carboxylic acid groups (broad SMARTS) is 1. The first-order chi connectivity index (χ1) is 13.9. The second-order valence-corrected chi connectivity index (χ2v) is 7.78. The van der Waals surface area contributed by atoms with Crippen LogP contribution in [0.5, 0.6) is 0 Å². The summed E-state index contributed by atoms with van der Waals surface area (Å²) in [6, 6.07) is 16.2. The van der Waals surface area contributed by atoms with Crippen molar-refractivity contribution in [3.63, 3.8) is 0 Å². The number of ether oxygens (including phenoxy) is 1. The Morgan fingerprint density at radius 3 is 2.21 bits per heavy atom. The molecule has 2 aliphatic rings. The first-order valence-corrected chi connectivity index (χ1v) is 9.68. The fraction of sp³-hybridized carbons (Fsp3) is 0.364. The molecule has 7 nitrogen and oxygen atoms in total. The number of amides is 1. The summed E-state index contributed by atoms with van der Waals surface area (Å²) in [7, 11) is 0. The molecule has 0 bridgehead atoms. The number of hydrogen-bond acceptors (Lipinski definition) is 5. The van der Waals surface area contributed by atoms with E-state index in [9.17, 15) is 19.8 Å². The number of carboxylic acids is 1. The molecule has 0 spiro atoms. The van der Waals surface area contributed by atoms with Crippen LogP contribution in [0.1, 0.15) is 24.0 Å². The van der Waals surface area contributed by atoms with Gasteiger partial charge in [-0.05, 0) is 29.2 Å². The summed E-state index contributed by atoms with van der Waals surface area (Å²) in [5, 5.41) is 21.7. The molecule has 1 unspecified atom stereocenters. The van der Waals surface area contributed by atoms with Crippen molar-refractivity contribution in [1.29, 1.82) is 0 Å². The number of carbonyl (C=O) groups is 2. The molecule has 0 saturated carbocycles. The van der Waals surface area contributed by atoms with Gasteiger partial charge in [0.1, 0.15) is 6.61 Å². The summed E-state index contributed by atoms with van der Waals surface area (Å²) in [5.74, 6) is -1.08. The largest absolute Gasteiger partial charge is 0.480 e. The first kappa shape index (κ1) is 19.4. The van der Waals surface area contributed by atoms with Crippen LogP contribution in [0.15, 0.2) is 48.5 Å². The summed E-state index contributed by atoms with van der Waals surface area (Å²) < 4.78 is 5.56. The van der Waals surface area contributed by atoms with Gasteiger partial charge in [-0.1, -0.05) is 48.5 Å². The third-order valence-electron chi connectivity index (χ3n) is 5.66. The van der Waals surface area contributed by atoms with Crippen molar-refractivity contribution >= 4 is 12.1 Å². The van der Waals surface area contributed by atoms with Crippen molar-refractivity contribution in [2.75, 3.05) is 26.2 Å². The van der Waals surface area contributed by atoms with Crippen molar-refractivity contribution in [3.05, 3.63) is 59.7 Å². The zero-order valence-electron chi connectivity index (χ0n) is 16.2. The highest BCUT2D eigenvalue weighted by atomic mass is 16.6. The van der Waals surface area contributed by atoms with Crippen LogP contribution in [0.2, 0.25) is 0 Å². The van der Waals surface area contributed by atoms with Gasteiger partial charge in [-0.25, -0.2) is 4.79 Å². The normalized spacial score (nSPS) is 17.8. The van der Waals surface area contributed by atoms with Crippen molar-refractivity contribution in [2.24, 2.45) is 0 Å². The second-order valence-electron chi connectivity index (χ2n) is 7.78. The Balaban J connectivity index is 1.40. The molecule has 29 heavy (non-hydrogen) atoms. The summed E-state index contributed by atoms with van der Waals surface area (Å²) in [5.41, 5.74) is 3.33. The molecule has 152 valence electrons. The van der Waals surface area contributed by atoms with E-state index in [4.69, 9.17) is 4.74 Å². The van der Waals surface area contributed by atoms with Gasteiger partial charge in [0.25, 0.3) is 0 Å². The predicted octanol–water partition coefficient (Wildman–Crippen LogP) is 2.04. The number of aliphatic hydroxyl groups is 1. The average Bonchev–Trinajstić information content (AvgIpc) is 2.99. The van der Waals surface area contributed by atoms with Crippen molar-refractivity contribution in [2.45, 2.75) is 24.5 Å². The Labute approximate surface area is 168 Å². The number of hydrogen-bond donors (Lipinski definition) is 3. The molecular weight excluding hydrogens is 372 g/mol. The van der Waals surface area contributed by atoms with Crippen molar-refractivity contribution in [3.8, 4) is 11.1 Å². The van der Waals surface area contributed by atoms with E-state index in [0.29, 0.717) is 0 Å². The highest BCUT2D eigenvalue weighted by Crippen LogP contribution is 2.44. The van der Waals surface area contributed by atoms with Gasteiger partial charge >= 0.3 is 12.1 Å². The molecular formula is C22H24N2O5. The lowest BCUT2D eigenvalue weighted by Crippen LogP contribution is -2.74. The molecule has 1 saturated heterocycles. The maximum atomic E-state index is 12.5. The van der Waals surface area contributed by atoms with E-state index in [-0.39, 0.29) is 32.2 Å². The van der Waals surface area contributed by atoms with E-state index < -0.39 is 23.7 Å². The second kappa shape index (κ2) is 7.50. The highest BCUT2D eigenvalue weighted by Gasteiger charge is 2.52. The molecule has 2 aromatic rings. The Kier molecular flexibility index (Phi) is 5.02. The van der Waals surface area contributed by atoms with Crippen LogP contribution in [-0.4, -0.2) is 65.1 Å². The fourth-order valence-electron chi connectivity index (χ4n) is 4.09. The number of nitrogens with one attached hydrogen (secondary N) is 1. The lowest BCUT2D eigenvalue weighted by atomic mass is 9.90. The molecule has 7 heteroatoms. The van der Waals surface area contributed by atoms with Gasteiger partial charge in [0.2, 0.25) is 0 Å². The van der Waals surface area contributed by atoms with Crippen LogP contribution >= 0.6 is 0 Å². The van der Waals surface area contributed by atoms with Crippen LogP contribution < -0.4 is 5.32 Å². The number of rotatable bonds is 6. The van der Waals surface area contributed by atoms with Crippen LogP contribution in [0, 0.1) is 0 Å². The summed E-state index contributed by atoms with van der Waals surface area (Å²) in [6.45, 7) is 1.93. The number of carbonyl (C=O) groups excluding carboxylic acids is 1. The third-order valence-corrected chi connectivity index (χ3v) is 5.66. The number of likely N-dealkylation sites (tertiary alicyclic amines) is 1. The Morgan fingerprint density at radius 2 is 1.69 bits per heavy atom. The van der Waals surface area contributed by atoms with Gasteiger partial charge in [0.05, 0.1) is 19.2 Å². The maximum absolute atomic E-state index is 12.5. The van der Waals surface area contributed by atoms with Crippen LogP contribution in [-0.2, 0) is 9.53 Å². The topological polar surface area (TPSA) is 99.1 Å². The average molecular weight is 396 g/mol. The third kappa shape index (κ3) is 3.47. The quantitative estimate of drug-likeness (QED) is 0.691. The van der Waals surface area contributed by atoms with E-state index in [2.05, 4.69) is 17.4 Å². The van der Waals surface area contributed by atoms with Gasteiger partial charge in [-0.3, -0.25) is 10.1 Å². The van der Waals surface area contributed by atoms with Gasteiger partial charge in [0.15, 0.2) is 5.54 Å². The van der Waals surface area contributed by atoms with E-state index in [0.717, 1.165) is 22.3 Å². The number of β-amino-alcohol motifs (C(OH)–C–C–N with tert-alkyl or cyclic N) is 1. The standard InChI is InChI=1S/C22H24N2O5/c1-14(25)10-23-22(20(26)27)12-24(13-22)21(28)29-11-19-17-8-4-2-6-15(17)16-7-3-5-9-18(16)19/h2-9,14,19,23,25H,10-13H2,1H3,(H,26,27). The highest BCUT2D eigenvalue weighted by molar-refractivity contribution is 5.84. The summed E-state index contributed by atoms with van der Waals surface area (Å²) in [6.07, 6.45) is -1.20. The zero-order valence-corrected chi connectivity index (χ0v) is 16.2. The van der Waals surface area contributed by atoms with Crippen LogP contribution in [0.25, 0.3) is 11.1 Å². The van der Waals surface area contributed by atoms with Crippen molar-refractivity contribution in [1.82, 2.24) is 10.2 Å². The van der Waals surface area contributed by atoms with Gasteiger partial charge in [-0.15, -0.1) is 0 Å². The SMILES string of the molecule is CC(O)CNC1(C(=O)O)CN(C(=O)OCC2c3ccccc3-c3ccccc32)C1. The molecule has 0 radical (unpaired) electrons. The van der Waals surface area contributed by atoms with Crippen molar-refractivity contribution < 1.29 is 24.5 Å². The molecule has 1 amide bonds. The number of aliphatic carboxylic acids is 1. The molecule has 1 fully saturated rings. The number of benzene rings is 2. The van der Waals surface area contributed by atoms with Gasteiger partial charge in [0, 0.05) is 12.5 Å². The van der Waals surface area contributed by atoms with E-state index in [1.807, 2.05) is 36.4 Å². The van der Waals surface area contributed by atoms with Gasteiger partial charge < -0.3 is 19.8 Å². The predicted molar refractivity (Wildman–Crippen MR) is 107 cm³/mol. The van der Waals surface area contributed by atoms with E-state index in [1.54, 1.807) is 6.92 Å². The first-order valence-electron chi connectivity index (χ1n) is 9.68. The van der Waals surface area contributed by atoms with E-state index >= 15 is 0 Å². The lowest BCUT2D eigenvalue weighted by molar-refractivity contribution is -0.152. The molecule has 2 aromatic carbocycles. The Hall–Kier alpha value is -2.90.